The average molecular weight is 249 g/mol. The van der Waals surface area contributed by atoms with E-state index in [0.717, 1.165) is 0 Å². The molecule has 0 aliphatic heterocycles. The van der Waals surface area contributed by atoms with Gasteiger partial charge < -0.3 is 5.32 Å². The van der Waals surface area contributed by atoms with Gasteiger partial charge in [-0.1, -0.05) is 0 Å². The summed E-state index contributed by atoms with van der Waals surface area (Å²) in [6.07, 6.45) is -5.97. The van der Waals surface area contributed by atoms with Crippen LogP contribution in [0.15, 0.2) is 29.2 Å². The van der Waals surface area contributed by atoms with Crippen LogP contribution in [-0.4, -0.2) is 12.1 Å². The van der Waals surface area contributed by atoms with Crippen LogP contribution >= 0.6 is 12.6 Å². The van der Waals surface area contributed by atoms with Crippen molar-refractivity contribution in [3.05, 3.63) is 24.3 Å². The number of benzene rings is 1. The topological polar surface area (TPSA) is 29.1 Å². The second-order valence-corrected chi connectivity index (χ2v) is 3.73. The monoisotopic (exact) mass is 249 g/mol. The summed E-state index contributed by atoms with van der Waals surface area (Å²) in [7, 11) is 0. The van der Waals surface area contributed by atoms with Crippen LogP contribution in [0.1, 0.15) is 12.8 Å². The zero-order valence-corrected chi connectivity index (χ0v) is 9.11. The average Bonchev–Trinajstić information content (AvgIpc) is 2.18. The van der Waals surface area contributed by atoms with Crippen LogP contribution < -0.4 is 5.32 Å². The summed E-state index contributed by atoms with van der Waals surface area (Å²) >= 11 is 4.04. The van der Waals surface area contributed by atoms with Gasteiger partial charge in [-0.15, -0.1) is 12.6 Å². The van der Waals surface area contributed by atoms with E-state index >= 15 is 0 Å². The largest absolute Gasteiger partial charge is 0.389 e. The number of alkyl halides is 3. The minimum Gasteiger partial charge on any atom is -0.326 e. The molecule has 0 spiro atoms. The molecule has 0 bridgehead atoms. The molecule has 0 aliphatic rings. The molecule has 0 fully saturated rings. The summed E-state index contributed by atoms with van der Waals surface area (Å²) in [4.78, 5) is 11.8. The number of halogens is 3. The van der Waals surface area contributed by atoms with Crippen molar-refractivity contribution in [2.45, 2.75) is 23.9 Å². The molecule has 16 heavy (non-hydrogen) atoms. The molecule has 1 rings (SSSR count). The molecular formula is C10H10F3NOS. The van der Waals surface area contributed by atoms with E-state index in [1.165, 1.54) is 0 Å². The van der Waals surface area contributed by atoms with E-state index in [1.807, 2.05) is 0 Å². The number of carbonyl (C=O) groups is 1. The van der Waals surface area contributed by atoms with E-state index in [4.69, 9.17) is 0 Å². The van der Waals surface area contributed by atoms with Gasteiger partial charge in [-0.2, -0.15) is 13.2 Å². The summed E-state index contributed by atoms with van der Waals surface area (Å²) in [6.45, 7) is 0. The number of carbonyl (C=O) groups excluding carboxylic acids is 1. The molecule has 6 heteroatoms. The van der Waals surface area contributed by atoms with Crippen LogP contribution in [0.5, 0.6) is 0 Å². The lowest BCUT2D eigenvalue weighted by Crippen LogP contribution is -2.16. The van der Waals surface area contributed by atoms with Gasteiger partial charge in [0.05, 0.1) is 6.42 Å². The normalized spacial score (nSPS) is 11.2. The van der Waals surface area contributed by atoms with E-state index in [1.54, 1.807) is 24.3 Å². The van der Waals surface area contributed by atoms with E-state index in [0.29, 0.717) is 10.6 Å². The van der Waals surface area contributed by atoms with Gasteiger partial charge in [0.2, 0.25) is 5.91 Å². The van der Waals surface area contributed by atoms with Crippen LogP contribution in [0.3, 0.4) is 0 Å². The van der Waals surface area contributed by atoms with Crippen molar-refractivity contribution in [1.82, 2.24) is 0 Å². The third-order valence-electron chi connectivity index (χ3n) is 1.79. The Balaban J connectivity index is 2.43. The molecule has 0 saturated heterocycles. The third-order valence-corrected chi connectivity index (χ3v) is 2.08. The molecular weight excluding hydrogens is 239 g/mol. The van der Waals surface area contributed by atoms with Gasteiger partial charge in [0, 0.05) is 17.0 Å². The molecule has 0 aliphatic carbocycles. The van der Waals surface area contributed by atoms with Crippen molar-refractivity contribution >= 4 is 24.2 Å². The standard InChI is InChI=1S/C10H10F3NOS/c11-10(12,13)6-5-9(15)14-7-1-3-8(16)4-2-7/h1-4,16H,5-6H2,(H,14,15). The molecule has 1 N–H and O–H groups in total. The summed E-state index contributed by atoms with van der Waals surface area (Å²) in [5.41, 5.74) is 0.463. The highest BCUT2D eigenvalue weighted by atomic mass is 32.1. The van der Waals surface area contributed by atoms with Gasteiger partial charge in [0.1, 0.15) is 0 Å². The maximum Gasteiger partial charge on any atom is 0.389 e. The summed E-state index contributed by atoms with van der Waals surface area (Å²) in [5.74, 6) is -0.649. The summed E-state index contributed by atoms with van der Waals surface area (Å²) < 4.78 is 35.5. The number of amides is 1. The zero-order chi connectivity index (χ0) is 12.2. The Kier molecular flexibility index (Phi) is 4.23. The Morgan fingerprint density at radius 1 is 1.25 bits per heavy atom. The molecule has 0 saturated carbocycles. The van der Waals surface area contributed by atoms with E-state index in [-0.39, 0.29) is 0 Å². The van der Waals surface area contributed by atoms with Crippen LogP contribution in [0.4, 0.5) is 18.9 Å². The van der Waals surface area contributed by atoms with E-state index in [9.17, 15) is 18.0 Å². The van der Waals surface area contributed by atoms with Crippen LogP contribution in [0.2, 0.25) is 0 Å². The first-order valence-corrected chi connectivity index (χ1v) is 4.97. The van der Waals surface area contributed by atoms with Crippen LogP contribution in [0, 0.1) is 0 Å². The predicted molar refractivity (Wildman–Crippen MR) is 57.6 cm³/mol. The minimum absolute atomic E-state index is 0.463. The number of nitrogens with one attached hydrogen (secondary N) is 1. The Bertz CT molecular complexity index is 361. The van der Waals surface area contributed by atoms with Gasteiger partial charge in [-0.05, 0) is 24.3 Å². The summed E-state index contributed by atoms with van der Waals surface area (Å²) in [6, 6.07) is 6.44. The molecule has 0 unspecified atom stereocenters. The zero-order valence-electron chi connectivity index (χ0n) is 8.21. The number of anilines is 1. The van der Waals surface area contributed by atoms with E-state index < -0.39 is 24.9 Å². The van der Waals surface area contributed by atoms with Crippen molar-refractivity contribution in [1.29, 1.82) is 0 Å². The molecule has 1 amide bonds. The highest BCUT2D eigenvalue weighted by molar-refractivity contribution is 7.80. The Morgan fingerprint density at radius 3 is 2.31 bits per heavy atom. The van der Waals surface area contributed by atoms with Crippen LogP contribution in [-0.2, 0) is 4.79 Å². The van der Waals surface area contributed by atoms with E-state index in [2.05, 4.69) is 17.9 Å². The first-order valence-electron chi connectivity index (χ1n) is 4.52. The van der Waals surface area contributed by atoms with Gasteiger partial charge in [0.15, 0.2) is 0 Å². The van der Waals surface area contributed by atoms with Crippen molar-refractivity contribution in [3.63, 3.8) is 0 Å². The van der Waals surface area contributed by atoms with Crippen molar-refractivity contribution < 1.29 is 18.0 Å². The fourth-order valence-corrected chi connectivity index (χ4v) is 1.17. The number of thiol groups is 1. The Morgan fingerprint density at radius 2 is 1.81 bits per heavy atom. The van der Waals surface area contributed by atoms with Gasteiger partial charge in [0.25, 0.3) is 0 Å². The second kappa shape index (κ2) is 5.25. The highest BCUT2D eigenvalue weighted by Crippen LogP contribution is 2.21. The lowest BCUT2D eigenvalue weighted by atomic mass is 10.2. The SMILES string of the molecule is O=C(CCC(F)(F)F)Nc1ccc(S)cc1. The first-order chi connectivity index (χ1) is 7.37. The number of rotatable bonds is 3. The lowest BCUT2D eigenvalue weighted by molar-refractivity contribution is -0.142. The molecule has 1 aromatic carbocycles. The fraction of sp³-hybridized carbons (Fsp3) is 0.300. The highest BCUT2D eigenvalue weighted by Gasteiger charge is 2.27. The van der Waals surface area contributed by atoms with Gasteiger partial charge >= 0.3 is 6.18 Å². The molecule has 88 valence electrons. The molecule has 0 radical (unpaired) electrons. The molecule has 2 nitrogen and oxygen atoms in total. The third kappa shape index (κ3) is 5.06. The van der Waals surface area contributed by atoms with Crippen molar-refractivity contribution in [2.75, 3.05) is 5.32 Å². The lowest BCUT2D eigenvalue weighted by Gasteiger charge is -2.07. The molecule has 0 aromatic heterocycles. The fourth-order valence-electron chi connectivity index (χ4n) is 1.02. The Labute approximate surface area is 96.3 Å². The second-order valence-electron chi connectivity index (χ2n) is 3.21. The minimum atomic E-state index is -4.30. The first kappa shape index (κ1) is 12.9. The van der Waals surface area contributed by atoms with Crippen molar-refractivity contribution in [3.8, 4) is 0 Å². The smallest absolute Gasteiger partial charge is 0.326 e. The van der Waals surface area contributed by atoms with Crippen molar-refractivity contribution in [2.24, 2.45) is 0 Å². The van der Waals surface area contributed by atoms with Crippen LogP contribution in [0.25, 0.3) is 0 Å². The molecule has 1 aromatic rings. The predicted octanol–water partition coefficient (Wildman–Crippen LogP) is 3.26. The number of hydrogen-bond donors (Lipinski definition) is 2. The molecule has 0 heterocycles. The van der Waals surface area contributed by atoms with Gasteiger partial charge in [-0.25, -0.2) is 0 Å². The summed E-state index contributed by atoms with van der Waals surface area (Å²) in [5, 5.41) is 2.37. The van der Waals surface area contributed by atoms with Gasteiger partial charge in [-0.3, -0.25) is 4.79 Å². The number of hydrogen-bond acceptors (Lipinski definition) is 2. The quantitative estimate of drug-likeness (QED) is 0.791. The maximum atomic E-state index is 11.8. The molecule has 0 atom stereocenters. The Hall–Kier alpha value is -1.17. The maximum absolute atomic E-state index is 11.8.